The molecule has 2 bridgehead atoms. The van der Waals surface area contributed by atoms with Gasteiger partial charge in [-0.3, -0.25) is 4.79 Å². The van der Waals surface area contributed by atoms with E-state index in [1.807, 2.05) is 0 Å². The van der Waals surface area contributed by atoms with Crippen LogP contribution in [0.1, 0.15) is 52.9 Å². The van der Waals surface area contributed by atoms with E-state index < -0.39 is 17.8 Å². The minimum Gasteiger partial charge on any atom is -0.468 e. The second-order valence-electron chi connectivity index (χ2n) is 9.97. The van der Waals surface area contributed by atoms with Crippen LogP contribution in [0.4, 0.5) is 0 Å². The molecule has 6 heteroatoms. The van der Waals surface area contributed by atoms with E-state index in [-0.39, 0.29) is 35.4 Å². The number of hydrogen-bond acceptors (Lipinski definition) is 6. The number of aliphatic hydroxyl groups excluding tert-OH is 1. The van der Waals surface area contributed by atoms with Crippen LogP contribution in [0.2, 0.25) is 0 Å². The molecule has 1 aliphatic heterocycles. The van der Waals surface area contributed by atoms with E-state index in [0.29, 0.717) is 12.3 Å². The summed E-state index contributed by atoms with van der Waals surface area (Å²) in [7, 11) is 4.81. The first kappa shape index (κ1) is 21.3. The van der Waals surface area contributed by atoms with Crippen molar-refractivity contribution in [2.45, 2.75) is 77.5 Å². The predicted molar refractivity (Wildman–Crippen MR) is 107 cm³/mol. The fraction of sp³-hybridized carbons (Fsp3) is 0.870. The summed E-state index contributed by atoms with van der Waals surface area (Å²) in [6.45, 7) is 6.67. The minimum atomic E-state index is -0.614. The third-order valence-corrected chi connectivity index (χ3v) is 8.54. The van der Waals surface area contributed by atoms with Crippen molar-refractivity contribution < 1.29 is 28.8 Å². The van der Waals surface area contributed by atoms with Gasteiger partial charge in [-0.1, -0.05) is 26.3 Å². The Labute approximate surface area is 173 Å². The maximum absolute atomic E-state index is 13.1. The lowest BCUT2D eigenvalue weighted by molar-refractivity contribution is -0.193. The van der Waals surface area contributed by atoms with Crippen molar-refractivity contribution >= 4 is 5.97 Å². The van der Waals surface area contributed by atoms with Crippen LogP contribution in [-0.4, -0.2) is 57.0 Å². The normalized spacial score (nSPS) is 46.5. The molecule has 0 amide bonds. The summed E-state index contributed by atoms with van der Waals surface area (Å²) in [6, 6.07) is 0. The van der Waals surface area contributed by atoms with Gasteiger partial charge in [-0.25, -0.2) is 0 Å². The molecule has 1 saturated heterocycles. The molecular weight excluding hydrogens is 372 g/mol. The Bertz CT molecular complexity index is 701. The zero-order chi connectivity index (χ0) is 21.1. The number of carbonyl (C=O) groups is 1. The van der Waals surface area contributed by atoms with E-state index >= 15 is 0 Å². The van der Waals surface area contributed by atoms with Gasteiger partial charge in [0.05, 0.1) is 36.8 Å². The van der Waals surface area contributed by atoms with Crippen LogP contribution in [-0.2, 0) is 23.7 Å². The molecule has 4 aliphatic rings. The summed E-state index contributed by atoms with van der Waals surface area (Å²) in [5.74, 6) is 0.0839. The van der Waals surface area contributed by atoms with Crippen LogP contribution in [0.3, 0.4) is 0 Å². The molecule has 6 nitrogen and oxygen atoms in total. The van der Waals surface area contributed by atoms with Crippen LogP contribution in [0.15, 0.2) is 11.1 Å². The van der Waals surface area contributed by atoms with Gasteiger partial charge in [0, 0.05) is 19.6 Å². The molecule has 8 atom stereocenters. The second-order valence-corrected chi connectivity index (χ2v) is 9.97. The number of esters is 1. The number of carbonyl (C=O) groups excluding carboxylic acids is 1. The Kier molecular flexibility index (Phi) is 5.38. The average molecular weight is 409 g/mol. The van der Waals surface area contributed by atoms with E-state index in [1.54, 1.807) is 14.2 Å². The van der Waals surface area contributed by atoms with Gasteiger partial charge in [-0.15, -0.1) is 0 Å². The molecule has 0 radical (unpaired) electrons. The van der Waals surface area contributed by atoms with Crippen LogP contribution in [0.25, 0.3) is 0 Å². The van der Waals surface area contributed by atoms with Crippen molar-refractivity contribution in [2.75, 3.05) is 21.3 Å². The molecule has 2 saturated carbocycles. The van der Waals surface area contributed by atoms with E-state index in [1.165, 1.54) is 18.3 Å². The Morgan fingerprint density at radius 1 is 1.17 bits per heavy atom. The van der Waals surface area contributed by atoms with Gasteiger partial charge in [-0.2, -0.15) is 0 Å². The van der Waals surface area contributed by atoms with Crippen LogP contribution < -0.4 is 0 Å². The van der Waals surface area contributed by atoms with Gasteiger partial charge in [0.1, 0.15) is 0 Å². The highest BCUT2D eigenvalue weighted by Gasteiger charge is 2.66. The van der Waals surface area contributed by atoms with Gasteiger partial charge in [-0.05, 0) is 49.5 Å². The first-order valence-electron chi connectivity index (χ1n) is 11.0. The predicted octanol–water partition coefficient (Wildman–Crippen LogP) is 3.08. The Hall–Kier alpha value is -0.950. The molecule has 0 aromatic heterocycles. The van der Waals surface area contributed by atoms with Crippen LogP contribution in [0.5, 0.6) is 0 Å². The average Bonchev–Trinajstić information content (AvgIpc) is 3.26. The number of allylic oxidation sites excluding steroid dienone is 1. The molecule has 0 unspecified atom stereocenters. The number of fused-ring (bicyclic) bond motifs is 6. The second kappa shape index (κ2) is 7.33. The monoisotopic (exact) mass is 408 g/mol. The van der Waals surface area contributed by atoms with Crippen molar-refractivity contribution in [2.24, 2.45) is 28.6 Å². The van der Waals surface area contributed by atoms with Gasteiger partial charge in [0.15, 0.2) is 6.29 Å². The lowest BCUT2D eigenvalue weighted by Gasteiger charge is -2.52. The van der Waals surface area contributed by atoms with E-state index in [0.717, 1.165) is 25.7 Å². The molecule has 0 aromatic rings. The molecule has 164 valence electrons. The maximum Gasteiger partial charge on any atom is 0.315 e. The molecule has 29 heavy (non-hydrogen) atoms. The zero-order valence-electron chi connectivity index (χ0n) is 18.6. The summed E-state index contributed by atoms with van der Waals surface area (Å²) in [4.78, 5) is 13.1. The van der Waals surface area contributed by atoms with Crippen molar-refractivity contribution in [3.63, 3.8) is 0 Å². The Morgan fingerprint density at radius 2 is 1.90 bits per heavy atom. The van der Waals surface area contributed by atoms with E-state index in [4.69, 9.17) is 18.9 Å². The standard InChI is InChI=1S/C23H36O6/c1-12(2)13-7-8-23(21(25)28-6)10-9-22(3)14(17(13)23)11-15(24)16-18(26-4)19(22)29-20(16)27-5/h12,14-16,18-20,24H,7-11H2,1-6H3/t14-,15-,16-,18+,19-,20+,22-,23+/m1/s1. The number of ether oxygens (including phenoxy) is 4. The highest BCUT2D eigenvalue weighted by molar-refractivity contribution is 5.82. The van der Waals surface area contributed by atoms with Gasteiger partial charge in [0.2, 0.25) is 0 Å². The van der Waals surface area contributed by atoms with Gasteiger partial charge >= 0.3 is 5.97 Å². The molecule has 4 rings (SSSR count). The zero-order valence-corrected chi connectivity index (χ0v) is 18.6. The SMILES string of the molecule is COC(=O)[C@]12CCC(C(C)C)=C1[C@H]1C[C@@H](O)[C@H]3[C@@H](OC)O[C@H]([C@H]3OC)[C@]1(C)CC2. The number of hydrogen-bond donors (Lipinski definition) is 1. The quantitative estimate of drug-likeness (QED) is 0.569. The fourth-order valence-electron chi connectivity index (χ4n) is 7.06. The van der Waals surface area contributed by atoms with Crippen molar-refractivity contribution in [3.05, 3.63) is 11.1 Å². The van der Waals surface area contributed by atoms with Crippen LogP contribution in [0, 0.1) is 28.6 Å². The summed E-state index contributed by atoms with van der Waals surface area (Å²) >= 11 is 0. The smallest absolute Gasteiger partial charge is 0.315 e. The maximum atomic E-state index is 13.1. The van der Waals surface area contributed by atoms with E-state index in [2.05, 4.69) is 20.8 Å². The lowest BCUT2D eigenvalue weighted by Crippen LogP contribution is -2.52. The minimum absolute atomic E-state index is 0.0655. The number of methoxy groups -OCH3 is 3. The Morgan fingerprint density at radius 3 is 2.48 bits per heavy atom. The number of aliphatic hydroxyl groups is 1. The summed E-state index contributed by atoms with van der Waals surface area (Å²) in [5.41, 5.74) is 1.81. The van der Waals surface area contributed by atoms with Gasteiger partial charge in [0.25, 0.3) is 0 Å². The molecule has 0 spiro atoms. The summed E-state index contributed by atoms with van der Waals surface area (Å²) in [6.07, 6.45) is 2.45. The third kappa shape index (κ3) is 2.79. The molecule has 0 aromatic carbocycles. The molecular formula is C23H36O6. The lowest BCUT2D eigenvalue weighted by atomic mass is 9.53. The largest absolute Gasteiger partial charge is 0.468 e. The van der Waals surface area contributed by atoms with E-state index in [9.17, 15) is 9.90 Å². The van der Waals surface area contributed by atoms with Gasteiger partial charge < -0.3 is 24.1 Å². The van der Waals surface area contributed by atoms with Crippen molar-refractivity contribution in [3.8, 4) is 0 Å². The first-order chi connectivity index (χ1) is 13.7. The highest BCUT2D eigenvalue weighted by atomic mass is 16.7. The molecule has 1 heterocycles. The summed E-state index contributed by atoms with van der Waals surface area (Å²) < 4.78 is 23.2. The van der Waals surface area contributed by atoms with Crippen LogP contribution >= 0.6 is 0 Å². The van der Waals surface area contributed by atoms with Crippen molar-refractivity contribution in [1.29, 1.82) is 0 Å². The molecule has 1 N–H and O–H groups in total. The summed E-state index contributed by atoms with van der Waals surface area (Å²) in [5, 5.41) is 11.3. The molecule has 3 fully saturated rings. The van der Waals surface area contributed by atoms with Crippen molar-refractivity contribution in [1.82, 2.24) is 0 Å². The highest BCUT2D eigenvalue weighted by Crippen LogP contribution is 2.66. The fourth-order valence-corrected chi connectivity index (χ4v) is 7.06. The third-order valence-electron chi connectivity index (χ3n) is 8.54. The number of rotatable bonds is 4. The topological polar surface area (TPSA) is 74.2 Å². The first-order valence-corrected chi connectivity index (χ1v) is 11.0. The Balaban J connectivity index is 1.86. The molecule has 3 aliphatic carbocycles.